The quantitative estimate of drug-likeness (QED) is 0.361. The molecule has 1 aromatic heterocycles. The predicted octanol–water partition coefficient (Wildman–Crippen LogP) is 3.66. The second-order valence-electron chi connectivity index (χ2n) is 6.94. The molecule has 0 aliphatic carbocycles. The molecule has 0 spiro atoms. The van der Waals surface area contributed by atoms with Gasteiger partial charge in [-0.1, -0.05) is 31.7 Å². The lowest BCUT2D eigenvalue weighted by molar-refractivity contribution is -0.134. The number of primary amides is 1. The fourth-order valence-corrected chi connectivity index (χ4v) is 3.95. The van der Waals surface area contributed by atoms with E-state index in [-0.39, 0.29) is 0 Å². The van der Waals surface area contributed by atoms with Crippen LogP contribution >= 0.6 is 11.8 Å². The van der Waals surface area contributed by atoms with Crippen LogP contribution in [-0.2, 0) is 14.3 Å². The van der Waals surface area contributed by atoms with Crippen LogP contribution in [0.5, 0.6) is 0 Å². The number of nitrogens with one attached hydrogen (secondary N) is 2. The van der Waals surface area contributed by atoms with Crippen LogP contribution in [0.25, 0.3) is 0 Å². The fourth-order valence-electron chi connectivity index (χ4n) is 3.12. The zero-order valence-corrected chi connectivity index (χ0v) is 20.0. The van der Waals surface area contributed by atoms with Gasteiger partial charge in [-0.2, -0.15) is 0 Å². The average molecular weight is 481 g/mol. The summed E-state index contributed by atoms with van der Waals surface area (Å²) in [7, 11) is 0. The molecular weight excluding hydrogens is 452 g/mol. The first-order valence-corrected chi connectivity index (χ1v) is 11.8. The molecule has 1 fully saturated rings. The van der Waals surface area contributed by atoms with Gasteiger partial charge in [0.1, 0.15) is 5.03 Å². The molecule has 3 aromatic rings. The number of anilines is 4. The van der Waals surface area contributed by atoms with Crippen molar-refractivity contribution in [1.29, 1.82) is 0 Å². The molecule has 4 N–H and O–H groups in total. The van der Waals surface area contributed by atoms with Crippen LogP contribution in [0.4, 0.5) is 23.0 Å². The predicted molar refractivity (Wildman–Crippen MR) is 135 cm³/mol. The first-order chi connectivity index (χ1) is 16.6. The molecule has 1 saturated heterocycles. The number of hydrogen-bond acceptors (Lipinski definition) is 8. The Hall–Kier alpha value is -3.63. The first kappa shape index (κ1) is 25.0. The lowest BCUT2D eigenvalue weighted by Gasteiger charge is -2.28. The summed E-state index contributed by atoms with van der Waals surface area (Å²) < 4.78 is 5.40. The average Bonchev–Trinajstić information content (AvgIpc) is 2.87. The molecule has 34 heavy (non-hydrogen) atoms. The number of morpholine rings is 1. The highest BCUT2D eigenvalue weighted by molar-refractivity contribution is 7.99. The number of ether oxygens (including phenoxy) is 1. The van der Waals surface area contributed by atoms with E-state index in [2.05, 4.69) is 37.6 Å². The summed E-state index contributed by atoms with van der Waals surface area (Å²) in [6.45, 7) is 7.28. The smallest absolute Gasteiger partial charge is 0.313 e. The highest BCUT2D eigenvalue weighted by Crippen LogP contribution is 2.29. The van der Waals surface area contributed by atoms with E-state index in [1.807, 2.05) is 32.0 Å². The Balaban J connectivity index is 0.00000158. The molecule has 2 heterocycles. The van der Waals surface area contributed by atoms with Crippen molar-refractivity contribution < 1.29 is 14.3 Å². The second kappa shape index (κ2) is 12.6. The Morgan fingerprint density at radius 2 is 1.76 bits per heavy atom. The topological polar surface area (TPSA) is 122 Å². The van der Waals surface area contributed by atoms with E-state index in [9.17, 15) is 9.59 Å². The Morgan fingerprint density at radius 3 is 2.47 bits per heavy atom. The lowest BCUT2D eigenvalue weighted by atomic mass is 10.2. The van der Waals surface area contributed by atoms with Gasteiger partial charge >= 0.3 is 11.8 Å². The third-order valence-electron chi connectivity index (χ3n) is 4.67. The van der Waals surface area contributed by atoms with Crippen LogP contribution in [0.15, 0.2) is 70.7 Å². The summed E-state index contributed by atoms with van der Waals surface area (Å²) in [5, 5.41) is 6.41. The van der Waals surface area contributed by atoms with Crippen molar-refractivity contribution in [3.8, 4) is 0 Å². The Bertz CT molecular complexity index is 1100. The van der Waals surface area contributed by atoms with Gasteiger partial charge in [0, 0.05) is 41.2 Å². The SMILES string of the molecule is CC.NC(=O)C(=O)Nc1cccc(Sc2ccnc(Nc3ccc(N4CCOCC4)cc3)n2)c1. The van der Waals surface area contributed by atoms with Crippen LogP contribution < -0.4 is 21.3 Å². The van der Waals surface area contributed by atoms with Crippen LogP contribution in [0.3, 0.4) is 0 Å². The number of benzene rings is 2. The number of carbonyl (C=O) groups excluding carboxylic acids is 2. The molecule has 1 aliphatic rings. The van der Waals surface area contributed by atoms with Crippen molar-refractivity contribution in [3.05, 3.63) is 60.8 Å². The summed E-state index contributed by atoms with van der Waals surface area (Å²) in [5.74, 6) is -1.42. The number of amides is 2. The van der Waals surface area contributed by atoms with Crippen molar-refractivity contribution in [2.24, 2.45) is 5.73 Å². The number of nitrogens with zero attached hydrogens (tertiary/aromatic N) is 3. The maximum Gasteiger partial charge on any atom is 0.313 e. The molecule has 10 heteroatoms. The van der Waals surface area contributed by atoms with Crippen LogP contribution in [0.2, 0.25) is 0 Å². The van der Waals surface area contributed by atoms with E-state index in [4.69, 9.17) is 10.5 Å². The van der Waals surface area contributed by atoms with Crippen LogP contribution in [0.1, 0.15) is 13.8 Å². The molecule has 0 bridgehead atoms. The van der Waals surface area contributed by atoms with E-state index >= 15 is 0 Å². The summed E-state index contributed by atoms with van der Waals surface area (Å²) in [6, 6.07) is 17.0. The minimum Gasteiger partial charge on any atom is -0.378 e. The van der Waals surface area contributed by atoms with Crippen molar-refractivity contribution in [2.75, 3.05) is 41.8 Å². The molecule has 0 saturated carbocycles. The van der Waals surface area contributed by atoms with Crippen molar-refractivity contribution >= 4 is 46.6 Å². The minimum atomic E-state index is -1.03. The van der Waals surface area contributed by atoms with Gasteiger partial charge in [-0.25, -0.2) is 9.97 Å². The molecule has 2 amide bonds. The number of carbonyl (C=O) groups is 2. The zero-order valence-electron chi connectivity index (χ0n) is 19.2. The maximum absolute atomic E-state index is 11.5. The third kappa shape index (κ3) is 7.19. The molecule has 2 aromatic carbocycles. The largest absolute Gasteiger partial charge is 0.378 e. The highest BCUT2D eigenvalue weighted by atomic mass is 32.2. The molecule has 1 aliphatic heterocycles. The standard InChI is InChI=1S/C22H22N6O3S.C2H6/c23-20(29)21(30)25-16-2-1-3-18(14-16)32-19-8-9-24-22(27-19)26-15-4-6-17(7-5-15)28-10-12-31-13-11-28;1-2/h1-9,14H,10-13H2,(H2,23,29)(H,25,30)(H,24,26,27);1-2H3. The van der Waals surface area contributed by atoms with Gasteiger partial charge < -0.3 is 26.0 Å². The van der Waals surface area contributed by atoms with E-state index < -0.39 is 11.8 Å². The maximum atomic E-state index is 11.5. The molecule has 4 rings (SSSR count). The Morgan fingerprint density at radius 1 is 1.03 bits per heavy atom. The summed E-state index contributed by atoms with van der Waals surface area (Å²) in [4.78, 5) is 34.4. The van der Waals surface area contributed by atoms with E-state index in [0.717, 1.165) is 47.6 Å². The minimum absolute atomic E-state index is 0.478. The molecule has 0 atom stereocenters. The van der Waals surface area contributed by atoms with Gasteiger partial charge in [0.2, 0.25) is 5.95 Å². The van der Waals surface area contributed by atoms with Crippen LogP contribution in [0, 0.1) is 0 Å². The Labute approximate surface area is 203 Å². The second-order valence-corrected chi connectivity index (χ2v) is 8.03. The van der Waals surface area contributed by atoms with Gasteiger partial charge in [-0.15, -0.1) is 0 Å². The Kier molecular flexibility index (Phi) is 9.24. The molecule has 0 radical (unpaired) electrons. The monoisotopic (exact) mass is 480 g/mol. The van der Waals surface area contributed by atoms with Gasteiger partial charge in [0.25, 0.3) is 0 Å². The van der Waals surface area contributed by atoms with E-state index in [0.29, 0.717) is 11.6 Å². The van der Waals surface area contributed by atoms with Gasteiger partial charge in [-0.05, 0) is 48.5 Å². The van der Waals surface area contributed by atoms with Gasteiger partial charge in [-0.3, -0.25) is 9.59 Å². The molecule has 9 nitrogen and oxygen atoms in total. The van der Waals surface area contributed by atoms with Gasteiger partial charge in [0.05, 0.1) is 13.2 Å². The normalized spacial score (nSPS) is 12.8. The van der Waals surface area contributed by atoms with Crippen molar-refractivity contribution in [2.45, 2.75) is 23.8 Å². The number of hydrogen-bond donors (Lipinski definition) is 3. The van der Waals surface area contributed by atoms with Crippen molar-refractivity contribution in [1.82, 2.24) is 9.97 Å². The summed E-state index contributed by atoms with van der Waals surface area (Å²) in [6.07, 6.45) is 1.68. The van der Waals surface area contributed by atoms with E-state index in [1.54, 1.807) is 30.5 Å². The number of nitrogens with two attached hydrogens (primary N) is 1. The zero-order chi connectivity index (χ0) is 24.3. The lowest BCUT2D eigenvalue weighted by Crippen LogP contribution is -2.36. The summed E-state index contributed by atoms with van der Waals surface area (Å²) >= 11 is 1.41. The first-order valence-electron chi connectivity index (χ1n) is 11.0. The van der Waals surface area contributed by atoms with E-state index in [1.165, 1.54) is 11.8 Å². The molecule has 0 unspecified atom stereocenters. The molecular formula is C24H28N6O3S. The van der Waals surface area contributed by atoms with Crippen molar-refractivity contribution in [3.63, 3.8) is 0 Å². The fraction of sp³-hybridized carbons (Fsp3) is 0.250. The number of rotatable bonds is 6. The highest BCUT2D eigenvalue weighted by Gasteiger charge is 2.12. The summed E-state index contributed by atoms with van der Waals surface area (Å²) in [5.41, 5.74) is 7.51. The third-order valence-corrected chi connectivity index (χ3v) is 5.59. The van der Waals surface area contributed by atoms with Gasteiger partial charge in [0.15, 0.2) is 0 Å². The molecule has 178 valence electrons. The number of aromatic nitrogens is 2. The van der Waals surface area contributed by atoms with Crippen LogP contribution in [-0.4, -0.2) is 48.1 Å².